The Labute approximate surface area is 96.3 Å². The van der Waals surface area contributed by atoms with Crippen molar-refractivity contribution >= 4 is 5.97 Å². The average molecular weight is 216 g/mol. The molecule has 0 radical (unpaired) electrons. The number of aliphatic carboxylic acids is 1. The van der Waals surface area contributed by atoms with Gasteiger partial charge in [0.25, 0.3) is 0 Å². The molecule has 0 bridgehead atoms. The van der Waals surface area contributed by atoms with E-state index in [2.05, 4.69) is 5.92 Å². The molecule has 0 aliphatic rings. The minimum Gasteiger partial charge on any atom is -0.481 e. The Hall–Kier alpha value is -1.75. The molecule has 2 nitrogen and oxygen atoms in total. The number of carboxylic acids is 1. The number of hydrogen-bond acceptors (Lipinski definition) is 1. The Morgan fingerprint density at radius 1 is 1.44 bits per heavy atom. The Bertz CT molecular complexity index is 384. The molecule has 84 valence electrons. The van der Waals surface area contributed by atoms with E-state index in [4.69, 9.17) is 11.5 Å². The first-order valence-corrected chi connectivity index (χ1v) is 5.38. The molecule has 1 aromatic rings. The summed E-state index contributed by atoms with van der Waals surface area (Å²) < 4.78 is 0. The molecule has 0 aliphatic carbocycles. The fourth-order valence-electron chi connectivity index (χ4n) is 1.64. The number of rotatable bonds is 5. The summed E-state index contributed by atoms with van der Waals surface area (Å²) in [6.45, 7) is 1.98. The van der Waals surface area contributed by atoms with Gasteiger partial charge in [0, 0.05) is 6.42 Å². The molecule has 0 aliphatic heterocycles. The van der Waals surface area contributed by atoms with Gasteiger partial charge in [-0.05, 0) is 25.3 Å². The summed E-state index contributed by atoms with van der Waals surface area (Å²) in [6, 6.07) is 7.63. The topological polar surface area (TPSA) is 37.3 Å². The van der Waals surface area contributed by atoms with Crippen LogP contribution in [0.1, 0.15) is 36.3 Å². The van der Waals surface area contributed by atoms with Crippen molar-refractivity contribution in [1.82, 2.24) is 0 Å². The molecule has 0 amide bonds. The molecule has 0 saturated heterocycles. The first-order valence-electron chi connectivity index (χ1n) is 5.38. The van der Waals surface area contributed by atoms with Gasteiger partial charge in [-0.3, -0.25) is 4.79 Å². The third-order valence-corrected chi connectivity index (χ3v) is 2.59. The first-order chi connectivity index (χ1) is 7.65. The van der Waals surface area contributed by atoms with E-state index in [1.54, 1.807) is 0 Å². The second-order valence-corrected chi connectivity index (χ2v) is 3.90. The van der Waals surface area contributed by atoms with Crippen LogP contribution in [0.3, 0.4) is 0 Å². The van der Waals surface area contributed by atoms with Gasteiger partial charge >= 0.3 is 5.97 Å². The maximum atomic E-state index is 11.1. The van der Waals surface area contributed by atoms with Crippen molar-refractivity contribution in [1.29, 1.82) is 0 Å². The first kappa shape index (κ1) is 12.3. The zero-order chi connectivity index (χ0) is 12.0. The molecule has 2 heteroatoms. The highest BCUT2D eigenvalue weighted by Gasteiger charge is 2.18. The minimum absolute atomic E-state index is 0.436. The van der Waals surface area contributed by atoms with Crippen LogP contribution < -0.4 is 0 Å². The number of aryl methyl sites for hydroxylation is 1. The molecule has 1 unspecified atom stereocenters. The van der Waals surface area contributed by atoms with Gasteiger partial charge in [0.1, 0.15) is 0 Å². The molecular weight excluding hydrogens is 200 g/mol. The zero-order valence-corrected chi connectivity index (χ0v) is 9.44. The average Bonchev–Trinajstić information content (AvgIpc) is 2.26. The van der Waals surface area contributed by atoms with Crippen LogP contribution in [0.4, 0.5) is 0 Å². The van der Waals surface area contributed by atoms with Gasteiger partial charge in [-0.2, -0.15) is 0 Å². The van der Waals surface area contributed by atoms with Crippen LogP contribution in [-0.2, 0) is 4.79 Å². The van der Waals surface area contributed by atoms with E-state index in [0.717, 1.165) is 17.5 Å². The zero-order valence-electron chi connectivity index (χ0n) is 9.44. The van der Waals surface area contributed by atoms with Crippen LogP contribution in [0.15, 0.2) is 24.3 Å². The van der Waals surface area contributed by atoms with Crippen molar-refractivity contribution in [3.8, 4) is 12.3 Å². The van der Waals surface area contributed by atoms with Crippen LogP contribution in [0, 0.1) is 19.3 Å². The van der Waals surface area contributed by atoms with Crippen molar-refractivity contribution in [2.24, 2.45) is 0 Å². The van der Waals surface area contributed by atoms with Crippen LogP contribution in [-0.4, -0.2) is 11.1 Å². The predicted octanol–water partition coefficient (Wildman–Crippen LogP) is 2.97. The third-order valence-electron chi connectivity index (χ3n) is 2.59. The summed E-state index contributed by atoms with van der Waals surface area (Å²) in [5.74, 6) is 1.32. The monoisotopic (exact) mass is 216 g/mol. The lowest BCUT2D eigenvalue weighted by molar-refractivity contribution is -0.139. The van der Waals surface area contributed by atoms with Gasteiger partial charge in [-0.15, -0.1) is 12.3 Å². The highest BCUT2D eigenvalue weighted by molar-refractivity contribution is 5.76. The van der Waals surface area contributed by atoms with Gasteiger partial charge in [-0.1, -0.05) is 29.8 Å². The van der Waals surface area contributed by atoms with Crippen molar-refractivity contribution in [3.05, 3.63) is 35.4 Å². The summed E-state index contributed by atoms with van der Waals surface area (Å²) >= 11 is 0. The van der Waals surface area contributed by atoms with E-state index in [0.29, 0.717) is 12.8 Å². The van der Waals surface area contributed by atoms with Gasteiger partial charge in [0.15, 0.2) is 0 Å². The number of carbonyl (C=O) groups is 1. The maximum Gasteiger partial charge on any atom is 0.310 e. The third kappa shape index (κ3) is 3.43. The molecule has 16 heavy (non-hydrogen) atoms. The molecule has 0 fully saturated rings. The van der Waals surface area contributed by atoms with Crippen molar-refractivity contribution in [2.75, 3.05) is 0 Å². The second kappa shape index (κ2) is 5.97. The van der Waals surface area contributed by atoms with Crippen LogP contribution in [0.5, 0.6) is 0 Å². The summed E-state index contributed by atoms with van der Waals surface area (Å²) in [4.78, 5) is 11.1. The van der Waals surface area contributed by atoms with Crippen LogP contribution in [0.2, 0.25) is 0 Å². The lowest BCUT2D eigenvalue weighted by Gasteiger charge is -2.12. The molecule has 1 atom stereocenters. The molecule has 1 rings (SSSR count). The lowest BCUT2D eigenvalue weighted by Crippen LogP contribution is -2.11. The number of unbranched alkanes of at least 4 members (excludes halogenated alkanes) is 1. The fourth-order valence-corrected chi connectivity index (χ4v) is 1.64. The van der Waals surface area contributed by atoms with Gasteiger partial charge < -0.3 is 5.11 Å². The van der Waals surface area contributed by atoms with E-state index < -0.39 is 11.9 Å². The largest absolute Gasteiger partial charge is 0.481 e. The Kier molecular flexibility index (Phi) is 4.60. The molecule has 1 N–H and O–H groups in total. The fraction of sp³-hybridized carbons (Fsp3) is 0.357. The van der Waals surface area contributed by atoms with E-state index in [1.807, 2.05) is 31.2 Å². The highest BCUT2D eigenvalue weighted by atomic mass is 16.4. The van der Waals surface area contributed by atoms with Gasteiger partial charge in [0.05, 0.1) is 5.92 Å². The number of terminal acetylenes is 1. The van der Waals surface area contributed by atoms with E-state index >= 15 is 0 Å². The second-order valence-electron chi connectivity index (χ2n) is 3.90. The summed E-state index contributed by atoms with van der Waals surface area (Å²) in [7, 11) is 0. The van der Waals surface area contributed by atoms with Gasteiger partial charge in [0.2, 0.25) is 0 Å². The minimum atomic E-state index is -0.777. The molecule has 1 aromatic carbocycles. The Morgan fingerprint density at radius 2 is 2.06 bits per heavy atom. The van der Waals surface area contributed by atoms with Crippen molar-refractivity contribution in [3.63, 3.8) is 0 Å². The molecular formula is C14H16O2. The Balaban J connectivity index is 2.74. The number of benzene rings is 1. The molecule has 0 saturated carbocycles. The van der Waals surface area contributed by atoms with Crippen molar-refractivity contribution in [2.45, 2.75) is 32.1 Å². The highest BCUT2D eigenvalue weighted by Crippen LogP contribution is 2.22. The molecule has 0 heterocycles. The predicted molar refractivity (Wildman–Crippen MR) is 64.2 cm³/mol. The SMILES string of the molecule is C#CCCCC(C(=O)O)c1ccc(C)cc1. The standard InChI is InChI=1S/C14H16O2/c1-3-4-5-6-13(14(15)16)12-9-7-11(2)8-10-12/h1,7-10,13H,4-6H2,2H3,(H,15,16). The summed E-state index contributed by atoms with van der Waals surface area (Å²) in [5, 5.41) is 9.14. The maximum absolute atomic E-state index is 11.1. The van der Waals surface area contributed by atoms with E-state index in [-0.39, 0.29) is 0 Å². The number of hydrogen-bond donors (Lipinski definition) is 1. The summed E-state index contributed by atoms with van der Waals surface area (Å²) in [5.41, 5.74) is 1.99. The van der Waals surface area contributed by atoms with Gasteiger partial charge in [-0.25, -0.2) is 0 Å². The van der Waals surface area contributed by atoms with Crippen LogP contribution >= 0.6 is 0 Å². The van der Waals surface area contributed by atoms with Crippen LogP contribution in [0.25, 0.3) is 0 Å². The number of carboxylic acid groups (broad SMARTS) is 1. The lowest BCUT2D eigenvalue weighted by atomic mass is 9.93. The molecule has 0 spiro atoms. The quantitative estimate of drug-likeness (QED) is 0.607. The normalized spacial score (nSPS) is 11.8. The Morgan fingerprint density at radius 3 is 2.56 bits per heavy atom. The smallest absolute Gasteiger partial charge is 0.310 e. The molecule has 0 aromatic heterocycles. The van der Waals surface area contributed by atoms with E-state index in [9.17, 15) is 4.79 Å². The van der Waals surface area contributed by atoms with E-state index in [1.165, 1.54) is 0 Å². The summed E-state index contributed by atoms with van der Waals surface area (Å²) in [6.07, 6.45) is 7.14. The van der Waals surface area contributed by atoms with Crippen molar-refractivity contribution < 1.29 is 9.90 Å².